The van der Waals surface area contributed by atoms with Gasteiger partial charge in [0.2, 0.25) is 5.91 Å². The molecule has 2 rings (SSSR count). The Balaban J connectivity index is 1.86. The number of anilines is 2. The van der Waals surface area contributed by atoms with Crippen molar-refractivity contribution in [3.8, 4) is 0 Å². The van der Waals surface area contributed by atoms with E-state index in [0.29, 0.717) is 12.1 Å². The summed E-state index contributed by atoms with van der Waals surface area (Å²) in [5, 5.41) is 6.27. The van der Waals surface area contributed by atoms with Gasteiger partial charge in [-0.25, -0.2) is 0 Å². The fourth-order valence-corrected chi connectivity index (χ4v) is 2.57. The molecule has 1 aromatic carbocycles. The number of benzene rings is 1. The van der Waals surface area contributed by atoms with E-state index in [1.54, 1.807) is 0 Å². The van der Waals surface area contributed by atoms with E-state index in [9.17, 15) is 4.79 Å². The molecule has 20 heavy (non-hydrogen) atoms. The van der Waals surface area contributed by atoms with Crippen molar-refractivity contribution in [2.45, 2.75) is 37.8 Å². The SMILES string of the molecule is COCC(=O)Nc1ccc(NC2CCCC(N)C2)cc1. The Kier molecular flexibility index (Phi) is 5.38. The number of carbonyl (C=O) groups is 1. The highest BCUT2D eigenvalue weighted by atomic mass is 16.5. The zero-order chi connectivity index (χ0) is 14.4. The molecule has 1 fully saturated rings. The molecule has 1 amide bonds. The van der Waals surface area contributed by atoms with Crippen LogP contribution in [0.1, 0.15) is 25.7 Å². The first-order valence-corrected chi connectivity index (χ1v) is 7.08. The summed E-state index contributed by atoms with van der Waals surface area (Å²) in [6, 6.07) is 8.49. The Labute approximate surface area is 119 Å². The highest BCUT2D eigenvalue weighted by molar-refractivity contribution is 5.91. The van der Waals surface area contributed by atoms with E-state index < -0.39 is 0 Å². The molecule has 0 radical (unpaired) electrons. The zero-order valence-electron chi connectivity index (χ0n) is 11.9. The third-order valence-electron chi connectivity index (χ3n) is 3.53. The normalized spacial score (nSPS) is 22.3. The number of nitrogens with two attached hydrogens (primary N) is 1. The summed E-state index contributed by atoms with van der Waals surface area (Å²) in [4.78, 5) is 11.4. The van der Waals surface area contributed by atoms with Crippen LogP contribution in [0.15, 0.2) is 24.3 Å². The molecular formula is C15H23N3O2. The van der Waals surface area contributed by atoms with Gasteiger partial charge in [0, 0.05) is 30.6 Å². The monoisotopic (exact) mass is 277 g/mol. The first-order valence-electron chi connectivity index (χ1n) is 7.08. The average Bonchev–Trinajstić information content (AvgIpc) is 2.41. The largest absolute Gasteiger partial charge is 0.382 e. The van der Waals surface area contributed by atoms with E-state index in [2.05, 4.69) is 10.6 Å². The number of hydrogen-bond acceptors (Lipinski definition) is 4. The lowest BCUT2D eigenvalue weighted by Crippen LogP contribution is -2.34. The van der Waals surface area contributed by atoms with Crippen molar-refractivity contribution in [2.24, 2.45) is 5.73 Å². The van der Waals surface area contributed by atoms with Gasteiger partial charge >= 0.3 is 0 Å². The number of carbonyl (C=O) groups excluding carboxylic acids is 1. The summed E-state index contributed by atoms with van der Waals surface area (Å²) >= 11 is 0. The maximum atomic E-state index is 11.4. The number of rotatable bonds is 5. The smallest absolute Gasteiger partial charge is 0.250 e. The second kappa shape index (κ2) is 7.26. The van der Waals surface area contributed by atoms with Gasteiger partial charge in [0.15, 0.2) is 0 Å². The quantitative estimate of drug-likeness (QED) is 0.769. The summed E-state index contributed by atoms with van der Waals surface area (Å²) in [6.45, 7) is 0.0694. The van der Waals surface area contributed by atoms with Crippen molar-refractivity contribution < 1.29 is 9.53 Å². The number of nitrogens with one attached hydrogen (secondary N) is 2. The lowest BCUT2D eigenvalue weighted by molar-refractivity contribution is -0.119. The van der Waals surface area contributed by atoms with Gasteiger partial charge in [0.25, 0.3) is 0 Å². The van der Waals surface area contributed by atoms with Gasteiger partial charge in [-0.05, 0) is 49.9 Å². The van der Waals surface area contributed by atoms with Crippen LogP contribution in [0.4, 0.5) is 11.4 Å². The van der Waals surface area contributed by atoms with Crippen molar-refractivity contribution in [1.82, 2.24) is 0 Å². The molecule has 0 heterocycles. The predicted molar refractivity (Wildman–Crippen MR) is 80.8 cm³/mol. The van der Waals surface area contributed by atoms with E-state index in [1.807, 2.05) is 24.3 Å². The van der Waals surface area contributed by atoms with Crippen LogP contribution < -0.4 is 16.4 Å². The summed E-state index contributed by atoms with van der Waals surface area (Å²) in [5.74, 6) is -0.147. The van der Waals surface area contributed by atoms with Crippen LogP contribution in [0.2, 0.25) is 0 Å². The molecule has 0 bridgehead atoms. The first kappa shape index (κ1) is 14.8. The Bertz CT molecular complexity index is 433. The maximum Gasteiger partial charge on any atom is 0.250 e. The van der Waals surface area contributed by atoms with E-state index in [1.165, 1.54) is 20.0 Å². The van der Waals surface area contributed by atoms with Gasteiger partial charge in [-0.3, -0.25) is 4.79 Å². The molecule has 5 heteroatoms. The highest BCUT2D eigenvalue weighted by Gasteiger charge is 2.18. The minimum atomic E-state index is -0.147. The highest BCUT2D eigenvalue weighted by Crippen LogP contribution is 2.22. The standard InChI is InChI=1S/C15H23N3O2/c1-20-10-15(19)18-13-7-5-12(6-8-13)17-14-4-2-3-11(16)9-14/h5-8,11,14,17H,2-4,9-10,16H2,1H3,(H,18,19). The third-order valence-corrected chi connectivity index (χ3v) is 3.53. The lowest BCUT2D eigenvalue weighted by Gasteiger charge is -2.28. The molecule has 0 aliphatic heterocycles. The maximum absolute atomic E-state index is 11.4. The summed E-state index contributed by atoms with van der Waals surface area (Å²) in [5.41, 5.74) is 7.83. The number of amides is 1. The number of ether oxygens (including phenoxy) is 1. The van der Waals surface area contributed by atoms with E-state index in [4.69, 9.17) is 10.5 Å². The average molecular weight is 277 g/mol. The van der Waals surface area contributed by atoms with Crippen LogP contribution in [0.3, 0.4) is 0 Å². The number of hydrogen-bond donors (Lipinski definition) is 3. The molecule has 0 saturated heterocycles. The molecule has 4 N–H and O–H groups in total. The summed E-state index contributed by atoms with van der Waals surface area (Å²) in [7, 11) is 1.50. The van der Waals surface area contributed by atoms with E-state index >= 15 is 0 Å². The Morgan fingerprint density at radius 3 is 2.65 bits per heavy atom. The fraction of sp³-hybridized carbons (Fsp3) is 0.533. The van der Waals surface area contributed by atoms with Gasteiger partial charge < -0.3 is 21.1 Å². The molecule has 2 atom stereocenters. The van der Waals surface area contributed by atoms with Crippen molar-refractivity contribution in [2.75, 3.05) is 24.4 Å². The van der Waals surface area contributed by atoms with E-state index in [-0.39, 0.29) is 12.5 Å². The molecule has 1 aliphatic carbocycles. The van der Waals surface area contributed by atoms with Crippen molar-refractivity contribution in [3.63, 3.8) is 0 Å². The summed E-state index contributed by atoms with van der Waals surface area (Å²) in [6.07, 6.45) is 4.50. The molecule has 2 unspecified atom stereocenters. The zero-order valence-corrected chi connectivity index (χ0v) is 11.9. The van der Waals surface area contributed by atoms with Crippen molar-refractivity contribution in [1.29, 1.82) is 0 Å². The van der Waals surface area contributed by atoms with Crippen LogP contribution in [0.25, 0.3) is 0 Å². The minimum absolute atomic E-state index is 0.0694. The topological polar surface area (TPSA) is 76.4 Å². The summed E-state index contributed by atoms with van der Waals surface area (Å²) < 4.78 is 4.77. The predicted octanol–water partition coefficient (Wildman–Crippen LogP) is 1.95. The molecular weight excluding hydrogens is 254 g/mol. The third kappa shape index (κ3) is 4.51. The molecule has 110 valence electrons. The number of methoxy groups -OCH3 is 1. The van der Waals surface area contributed by atoms with Gasteiger partial charge in [0.1, 0.15) is 6.61 Å². The first-order chi connectivity index (χ1) is 9.67. The van der Waals surface area contributed by atoms with Crippen LogP contribution >= 0.6 is 0 Å². The second-order valence-electron chi connectivity index (χ2n) is 5.33. The molecule has 1 aromatic rings. The van der Waals surface area contributed by atoms with Crippen LogP contribution in [-0.2, 0) is 9.53 Å². The Morgan fingerprint density at radius 2 is 2.00 bits per heavy atom. The molecule has 1 saturated carbocycles. The minimum Gasteiger partial charge on any atom is -0.382 e. The Hall–Kier alpha value is -1.59. The van der Waals surface area contributed by atoms with Crippen LogP contribution in [0.5, 0.6) is 0 Å². The van der Waals surface area contributed by atoms with Crippen LogP contribution in [0, 0.1) is 0 Å². The Morgan fingerprint density at radius 1 is 1.30 bits per heavy atom. The van der Waals surface area contributed by atoms with E-state index in [0.717, 1.165) is 24.2 Å². The van der Waals surface area contributed by atoms with Gasteiger partial charge in [0.05, 0.1) is 0 Å². The van der Waals surface area contributed by atoms with Crippen molar-refractivity contribution >= 4 is 17.3 Å². The molecule has 0 aromatic heterocycles. The fourth-order valence-electron chi connectivity index (χ4n) is 2.57. The van der Waals surface area contributed by atoms with Crippen molar-refractivity contribution in [3.05, 3.63) is 24.3 Å². The van der Waals surface area contributed by atoms with Gasteiger partial charge in [-0.1, -0.05) is 0 Å². The van der Waals surface area contributed by atoms with Gasteiger partial charge in [-0.15, -0.1) is 0 Å². The molecule has 0 spiro atoms. The lowest BCUT2D eigenvalue weighted by atomic mass is 9.91. The molecule has 1 aliphatic rings. The van der Waals surface area contributed by atoms with Gasteiger partial charge in [-0.2, -0.15) is 0 Å². The van der Waals surface area contributed by atoms with Crippen LogP contribution in [-0.4, -0.2) is 31.7 Å². The molecule has 5 nitrogen and oxygen atoms in total. The second-order valence-corrected chi connectivity index (χ2v) is 5.33.